The van der Waals surface area contributed by atoms with E-state index in [2.05, 4.69) is 11.8 Å². The number of ether oxygens (including phenoxy) is 1. The summed E-state index contributed by atoms with van der Waals surface area (Å²) in [5.74, 6) is 5.30. The number of primary amides is 1. The predicted octanol–water partition coefficient (Wildman–Crippen LogP) is 0.458. The zero-order valence-electron chi connectivity index (χ0n) is 7.54. The number of hydrogen-bond donors (Lipinski definition) is 1. The second-order valence-corrected chi connectivity index (χ2v) is 3.04. The van der Waals surface area contributed by atoms with Gasteiger partial charge >= 0.3 is 0 Å². The van der Waals surface area contributed by atoms with E-state index in [0.717, 1.165) is 29.9 Å². The summed E-state index contributed by atoms with van der Waals surface area (Å²) < 4.78 is 5.34. The summed E-state index contributed by atoms with van der Waals surface area (Å²) in [6.07, 6.45) is 0.904. The highest BCUT2D eigenvalue weighted by Crippen LogP contribution is 2.25. The Morgan fingerprint density at radius 2 is 2.36 bits per heavy atom. The van der Waals surface area contributed by atoms with Gasteiger partial charge in [0.1, 0.15) is 5.75 Å². The molecule has 1 aromatic rings. The molecule has 2 N–H and O–H groups in total. The normalized spacial score (nSPS) is 12.3. The second kappa shape index (κ2) is 3.43. The summed E-state index contributed by atoms with van der Waals surface area (Å²) in [6.45, 7) is 0.724. The van der Waals surface area contributed by atoms with Crippen LogP contribution in [-0.2, 0) is 11.2 Å². The summed E-state index contributed by atoms with van der Waals surface area (Å²) in [4.78, 5) is 10.4. The van der Waals surface area contributed by atoms with Gasteiger partial charge in [-0.3, -0.25) is 4.79 Å². The molecule has 0 unspecified atom stereocenters. The fourth-order valence-corrected chi connectivity index (χ4v) is 1.40. The van der Waals surface area contributed by atoms with Gasteiger partial charge in [-0.25, -0.2) is 0 Å². The van der Waals surface area contributed by atoms with Crippen LogP contribution in [0, 0.1) is 11.8 Å². The molecule has 1 heterocycles. The zero-order chi connectivity index (χ0) is 9.97. The van der Waals surface area contributed by atoms with Crippen molar-refractivity contribution >= 4 is 5.91 Å². The third-order valence-electron chi connectivity index (χ3n) is 2.02. The number of rotatable bonds is 0. The van der Waals surface area contributed by atoms with Gasteiger partial charge in [0.05, 0.1) is 6.61 Å². The second-order valence-electron chi connectivity index (χ2n) is 3.04. The number of hydrogen-bond acceptors (Lipinski definition) is 2. The Morgan fingerprint density at radius 3 is 3.14 bits per heavy atom. The molecule has 1 aromatic carbocycles. The van der Waals surface area contributed by atoms with Crippen molar-refractivity contribution in [3.05, 3.63) is 29.3 Å². The highest BCUT2D eigenvalue weighted by atomic mass is 16.5. The van der Waals surface area contributed by atoms with Gasteiger partial charge in [-0.2, -0.15) is 0 Å². The number of fused-ring (bicyclic) bond motifs is 1. The van der Waals surface area contributed by atoms with Crippen LogP contribution in [0.4, 0.5) is 0 Å². The van der Waals surface area contributed by atoms with Gasteiger partial charge in [0, 0.05) is 12.0 Å². The molecule has 70 valence electrons. The van der Waals surface area contributed by atoms with Crippen molar-refractivity contribution in [2.45, 2.75) is 6.42 Å². The van der Waals surface area contributed by atoms with Crippen molar-refractivity contribution in [1.29, 1.82) is 0 Å². The maximum atomic E-state index is 10.4. The molecule has 0 radical (unpaired) electrons. The largest absolute Gasteiger partial charge is 0.493 e. The van der Waals surface area contributed by atoms with Gasteiger partial charge in [-0.15, -0.1) is 0 Å². The van der Waals surface area contributed by atoms with E-state index in [1.165, 1.54) is 0 Å². The van der Waals surface area contributed by atoms with Crippen molar-refractivity contribution in [2.24, 2.45) is 5.73 Å². The quantitative estimate of drug-likeness (QED) is 0.600. The number of benzene rings is 1. The molecule has 0 aliphatic carbocycles. The van der Waals surface area contributed by atoms with Crippen molar-refractivity contribution in [2.75, 3.05) is 6.61 Å². The van der Waals surface area contributed by atoms with Crippen LogP contribution in [-0.4, -0.2) is 12.5 Å². The first-order valence-electron chi connectivity index (χ1n) is 4.33. The average molecular weight is 187 g/mol. The predicted molar refractivity (Wildman–Crippen MR) is 51.7 cm³/mol. The molecule has 0 spiro atoms. The molecule has 1 amide bonds. The lowest BCUT2D eigenvalue weighted by Crippen LogP contribution is -2.06. The first-order valence-corrected chi connectivity index (χ1v) is 4.33. The minimum Gasteiger partial charge on any atom is -0.493 e. The van der Waals surface area contributed by atoms with E-state index < -0.39 is 5.91 Å². The minimum atomic E-state index is -0.609. The Balaban J connectivity index is 2.30. The summed E-state index contributed by atoms with van der Waals surface area (Å²) in [6, 6.07) is 5.62. The first-order chi connectivity index (χ1) is 6.75. The van der Waals surface area contributed by atoms with Gasteiger partial charge < -0.3 is 10.5 Å². The van der Waals surface area contributed by atoms with Crippen molar-refractivity contribution in [3.8, 4) is 17.6 Å². The maximum absolute atomic E-state index is 10.4. The van der Waals surface area contributed by atoms with Crippen LogP contribution in [0.25, 0.3) is 0 Å². The van der Waals surface area contributed by atoms with E-state index in [9.17, 15) is 4.79 Å². The number of nitrogens with two attached hydrogens (primary N) is 1. The molecule has 1 aliphatic heterocycles. The number of carbonyl (C=O) groups excluding carboxylic acids is 1. The molecule has 0 bridgehead atoms. The van der Waals surface area contributed by atoms with Crippen LogP contribution in [0.3, 0.4) is 0 Å². The zero-order valence-corrected chi connectivity index (χ0v) is 7.54. The molecule has 0 aromatic heterocycles. The van der Waals surface area contributed by atoms with E-state index in [4.69, 9.17) is 10.5 Å². The summed E-state index contributed by atoms with van der Waals surface area (Å²) in [7, 11) is 0. The van der Waals surface area contributed by atoms with E-state index in [1.807, 2.05) is 18.2 Å². The van der Waals surface area contributed by atoms with Gasteiger partial charge in [0.25, 0.3) is 5.91 Å². The summed E-state index contributed by atoms with van der Waals surface area (Å²) in [5, 5.41) is 0. The third kappa shape index (κ3) is 1.69. The Hall–Kier alpha value is -1.95. The first kappa shape index (κ1) is 8.64. The molecular formula is C11H9NO2. The highest BCUT2D eigenvalue weighted by Gasteiger charge is 2.10. The van der Waals surface area contributed by atoms with Crippen LogP contribution in [0.5, 0.6) is 5.75 Å². The van der Waals surface area contributed by atoms with E-state index in [-0.39, 0.29) is 0 Å². The van der Waals surface area contributed by atoms with Crippen molar-refractivity contribution in [3.63, 3.8) is 0 Å². The molecule has 0 fully saturated rings. The Kier molecular flexibility index (Phi) is 2.11. The van der Waals surface area contributed by atoms with E-state index in [1.54, 1.807) is 0 Å². The molecule has 1 aliphatic rings. The van der Waals surface area contributed by atoms with E-state index in [0.29, 0.717) is 0 Å². The molecule has 0 atom stereocenters. The summed E-state index contributed by atoms with van der Waals surface area (Å²) in [5.41, 5.74) is 6.86. The lowest BCUT2D eigenvalue weighted by Gasteiger charge is -1.97. The van der Waals surface area contributed by atoms with Gasteiger partial charge in [0.15, 0.2) is 0 Å². The monoisotopic (exact) mass is 187 g/mol. The molecular weight excluding hydrogens is 178 g/mol. The SMILES string of the molecule is NC(=O)C#Cc1ccc2c(c1)CCO2. The molecule has 0 saturated carbocycles. The molecule has 3 nitrogen and oxygen atoms in total. The average Bonchev–Trinajstić information content (AvgIpc) is 2.61. The van der Waals surface area contributed by atoms with Crippen LogP contribution >= 0.6 is 0 Å². The molecule has 14 heavy (non-hydrogen) atoms. The minimum absolute atomic E-state index is 0.609. The lowest BCUT2D eigenvalue weighted by molar-refractivity contribution is -0.112. The lowest BCUT2D eigenvalue weighted by atomic mass is 10.1. The highest BCUT2D eigenvalue weighted by molar-refractivity contribution is 5.92. The van der Waals surface area contributed by atoms with Crippen LogP contribution in [0.1, 0.15) is 11.1 Å². The molecule has 2 rings (SSSR count). The third-order valence-corrected chi connectivity index (χ3v) is 2.02. The van der Waals surface area contributed by atoms with Crippen molar-refractivity contribution in [1.82, 2.24) is 0 Å². The van der Waals surface area contributed by atoms with Crippen LogP contribution < -0.4 is 10.5 Å². The summed E-state index contributed by atoms with van der Waals surface area (Å²) >= 11 is 0. The number of carbonyl (C=O) groups is 1. The van der Waals surface area contributed by atoms with Gasteiger partial charge in [0.2, 0.25) is 0 Å². The fourth-order valence-electron chi connectivity index (χ4n) is 1.40. The van der Waals surface area contributed by atoms with Gasteiger partial charge in [-0.05, 0) is 29.7 Å². The van der Waals surface area contributed by atoms with Crippen LogP contribution in [0.2, 0.25) is 0 Å². The molecule has 3 heteroatoms. The molecule has 0 saturated heterocycles. The smallest absolute Gasteiger partial charge is 0.293 e. The Bertz CT molecular complexity index is 440. The topological polar surface area (TPSA) is 52.3 Å². The Labute approximate surface area is 81.9 Å². The van der Waals surface area contributed by atoms with Gasteiger partial charge in [-0.1, -0.05) is 5.92 Å². The maximum Gasteiger partial charge on any atom is 0.293 e. The van der Waals surface area contributed by atoms with Crippen molar-refractivity contribution < 1.29 is 9.53 Å². The standard InChI is InChI=1S/C11H9NO2/c12-11(13)4-2-8-1-3-10-9(7-8)5-6-14-10/h1,3,7H,5-6H2,(H2,12,13). The Morgan fingerprint density at radius 1 is 1.50 bits per heavy atom. The fraction of sp³-hybridized carbons (Fsp3) is 0.182. The number of amides is 1. The van der Waals surface area contributed by atoms with E-state index >= 15 is 0 Å². The van der Waals surface area contributed by atoms with Crippen LogP contribution in [0.15, 0.2) is 18.2 Å².